The Labute approximate surface area is 102 Å². The molecule has 1 aromatic rings. The fraction of sp³-hybridized carbons (Fsp3) is 0.429. The minimum Gasteiger partial charge on any atom is -0.350 e. The van der Waals surface area contributed by atoms with E-state index in [0.717, 1.165) is 18.4 Å². The first-order valence-corrected chi connectivity index (χ1v) is 6.08. The number of carbonyl (C=O) groups is 1. The SMILES string of the molecule is CC(C)c1cncc(/C=C/C(=O)NC2CC2)c1. The van der Waals surface area contributed by atoms with Crippen molar-refractivity contribution >= 4 is 12.0 Å². The predicted molar refractivity (Wildman–Crippen MR) is 68.5 cm³/mol. The highest BCUT2D eigenvalue weighted by molar-refractivity contribution is 5.92. The molecule has 1 aliphatic rings. The maximum absolute atomic E-state index is 11.5. The van der Waals surface area contributed by atoms with Crippen LogP contribution in [0.25, 0.3) is 6.08 Å². The van der Waals surface area contributed by atoms with E-state index in [1.54, 1.807) is 12.3 Å². The lowest BCUT2D eigenvalue weighted by molar-refractivity contribution is -0.116. The molecule has 2 rings (SSSR count). The van der Waals surface area contributed by atoms with E-state index >= 15 is 0 Å². The number of carbonyl (C=O) groups excluding carboxylic acids is 1. The third kappa shape index (κ3) is 3.70. The molecule has 0 aromatic carbocycles. The monoisotopic (exact) mass is 230 g/mol. The maximum atomic E-state index is 11.5. The first-order chi connectivity index (χ1) is 8.15. The molecule has 0 atom stereocenters. The van der Waals surface area contributed by atoms with Crippen LogP contribution in [0.2, 0.25) is 0 Å². The van der Waals surface area contributed by atoms with Crippen LogP contribution >= 0.6 is 0 Å². The van der Waals surface area contributed by atoms with Crippen LogP contribution in [0, 0.1) is 0 Å². The predicted octanol–water partition coefficient (Wildman–Crippen LogP) is 2.50. The fourth-order valence-electron chi connectivity index (χ4n) is 1.53. The molecule has 0 radical (unpaired) electrons. The number of pyridine rings is 1. The number of amides is 1. The van der Waals surface area contributed by atoms with Gasteiger partial charge in [0, 0.05) is 24.5 Å². The zero-order valence-corrected chi connectivity index (χ0v) is 10.3. The molecule has 1 aromatic heterocycles. The van der Waals surface area contributed by atoms with Crippen LogP contribution in [0.5, 0.6) is 0 Å². The van der Waals surface area contributed by atoms with E-state index in [1.165, 1.54) is 5.56 Å². The first-order valence-electron chi connectivity index (χ1n) is 6.08. The lowest BCUT2D eigenvalue weighted by Gasteiger charge is -2.04. The molecule has 1 aliphatic carbocycles. The number of hydrogen-bond acceptors (Lipinski definition) is 2. The highest BCUT2D eigenvalue weighted by Crippen LogP contribution is 2.18. The van der Waals surface area contributed by atoms with Crippen LogP contribution in [-0.4, -0.2) is 16.9 Å². The van der Waals surface area contributed by atoms with E-state index in [-0.39, 0.29) is 5.91 Å². The lowest BCUT2D eigenvalue weighted by atomic mass is 10.0. The molecule has 3 heteroatoms. The van der Waals surface area contributed by atoms with Crippen molar-refractivity contribution in [1.29, 1.82) is 0 Å². The summed E-state index contributed by atoms with van der Waals surface area (Å²) in [5, 5.41) is 2.92. The Morgan fingerprint density at radius 1 is 1.47 bits per heavy atom. The zero-order valence-electron chi connectivity index (χ0n) is 10.3. The van der Waals surface area contributed by atoms with Crippen LogP contribution in [0.15, 0.2) is 24.5 Å². The average molecular weight is 230 g/mol. The highest BCUT2D eigenvalue weighted by Gasteiger charge is 2.21. The minimum absolute atomic E-state index is 0.0116. The molecular weight excluding hydrogens is 212 g/mol. The van der Waals surface area contributed by atoms with Gasteiger partial charge in [0.1, 0.15) is 0 Å². The van der Waals surface area contributed by atoms with Gasteiger partial charge < -0.3 is 5.32 Å². The molecular formula is C14H18N2O. The Bertz CT molecular complexity index is 434. The first kappa shape index (κ1) is 11.8. The molecule has 3 nitrogen and oxygen atoms in total. The summed E-state index contributed by atoms with van der Waals surface area (Å²) in [4.78, 5) is 15.6. The van der Waals surface area contributed by atoms with Crippen LogP contribution in [0.3, 0.4) is 0 Å². The zero-order chi connectivity index (χ0) is 12.3. The summed E-state index contributed by atoms with van der Waals surface area (Å²) in [6, 6.07) is 2.48. The van der Waals surface area contributed by atoms with Crippen LogP contribution in [-0.2, 0) is 4.79 Å². The molecule has 1 N–H and O–H groups in total. The molecule has 0 unspecified atom stereocenters. The fourth-order valence-corrected chi connectivity index (χ4v) is 1.53. The quantitative estimate of drug-likeness (QED) is 0.807. The third-order valence-corrected chi connectivity index (χ3v) is 2.80. The summed E-state index contributed by atoms with van der Waals surface area (Å²) in [5.74, 6) is 0.443. The van der Waals surface area contributed by atoms with E-state index in [0.29, 0.717) is 12.0 Å². The Kier molecular flexibility index (Phi) is 3.57. The van der Waals surface area contributed by atoms with Crippen LogP contribution in [0.1, 0.15) is 43.7 Å². The second-order valence-electron chi connectivity index (χ2n) is 4.82. The lowest BCUT2D eigenvalue weighted by Crippen LogP contribution is -2.22. The molecule has 17 heavy (non-hydrogen) atoms. The van der Waals surface area contributed by atoms with Crippen molar-refractivity contribution in [2.24, 2.45) is 0 Å². The van der Waals surface area contributed by atoms with Gasteiger partial charge in [-0.2, -0.15) is 0 Å². The van der Waals surface area contributed by atoms with Gasteiger partial charge in [0.25, 0.3) is 0 Å². The molecule has 1 saturated carbocycles. The smallest absolute Gasteiger partial charge is 0.244 e. The molecule has 0 saturated heterocycles. The summed E-state index contributed by atoms with van der Waals surface area (Å²) in [6.45, 7) is 4.26. The standard InChI is InChI=1S/C14H18N2O/c1-10(2)12-7-11(8-15-9-12)3-6-14(17)16-13-4-5-13/h3,6-10,13H,4-5H2,1-2H3,(H,16,17)/b6-3+. The highest BCUT2D eigenvalue weighted by atomic mass is 16.1. The molecule has 1 amide bonds. The van der Waals surface area contributed by atoms with E-state index in [1.807, 2.05) is 12.3 Å². The summed E-state index contributed by atoms with van der Waals surface area (Å²) in [7, 11) is 0. The molecule has 1 heterocycles. The van der Waals surface area contributed by atoms with Crippen LogP contribution < -0.4 is 5.32 Å². The second kappa shape index (κ2) is 5.13. The van der Waals surface area contributed by atoms with Crippen molar-refractivity contribution in [2.75, 3.05) is 0 Å². The van der Waals surface area contributed by atoms with E-state index in [9.17, 15) is 4.79 Å². The number of hydrogen-bond donors (Lipinski definition) is 1. The second-order valence-corrected chi connectivity index (χ2v) is 4.82. The van der Waals surface area contributed by atoms with Crippen molar-refractivity contribution in [2.45, 2.75) is 38.6 Å². The largest absolute Gasteiger partial charge is 0.350 e. The Balaban J connectivity index is 1.99. The molecule has 1 fully saturated rings. The van der Waals surface area contributed by atoms with Gasteiger partial charge in [-0.3, -0.25) is 9.78 Å². The van der Waals surface area contributed by atoms with Gasteiger partial charge in [0.2, 0.25) is 5.91 Å². The number of nitrogens with one attached hydrogen (secondary N) is 1. The van der Waals surface area contributed by atoms with E-state index < -0.39 is 0 Å². The Hall–Kier alpha value is -1.64. The molecule has 0 spiro atoms. The molecule has 90 valence electrons. The molecule has 0 aliphatic heterocycles. The van der Waals surface area contributed by atoms with Crippen molar-refractivity contribution in [3.63, 3.8) is 0 Å². The number of aromatic nitrogens is 1. The van der Waals surface area contributed by atoms with Gasteiger partial charge >= 0.3 is 0 Å². The Morgan fingerprint density at radius 2 is 2.24 bits per heavy atom. The summed E-state index contributed by atoms with van der Waals surface area (Å²) in [6.07, 6.45) is 9.27. The summed E-state index contributed by atoms with van der Waals surface area (Å²) in [5.41, 5.74) is 2.16. The van der Waals surface area contributed by atoms with Crippen molar-refractivity contribution in [1.82, 2.24) is 10.3 Å². The van der Waals surface area contributed by atoms with Gasteiger partial charge in [-0.25, -0.2) is 0 Å². The van der Waals surface area contributed by atoms with Gasteiger partial charge in [0.05, 0.1) is 0 Å². The summed E-state index contributed by atoms with van der Waals surface area (Å²) < 4.78 is 0. The van der Waals surface area contributed by atoms with Gasteiger partial charge in [-0.05, 0) is 42.0 Å². The van der Waals surface area contributed by atoms with Crippen molar-refractivity contribution in [3.8, 4) is 0 Å². The average Bonchev–Trinajstić information content (AvgIpc) is 3.11. The summed E-state index contributed by atoms with van der Waals surface area (Å²) >= 11 is 0. The Morgan fingerprint density at radius 3 is 2.88 bits per heavy atom. The number of rotatable bonds is 4. The molecule has 0 bridgehead atoms. The normalized spacial score (nSPS) is 15.5. The van der Waals surface area contributed by atoms with Crippen molar-refractivity contribution in [3.05, 3.63) is 35.7 Å². The maximum Gasteiger partial charge on any atom is 0.244 e. The topological polar surface area (TPSA) is 42.0 Å². The van der Waals surface area contributed by atoms with E-state index in [2.05, 4.69) is 30.2 Å². The third-order valence-electron chi connectivity index (χ3n) is 2.80. The number of nitrogens with zero attached hydrogens (tertiary/aromatic N) is 1. The van der Waals surface area contributed by atoms with Gasteiger partial charge in [-0.15, -0.1) is 0 Å². The van der Waals surface area contributed by atoms with Gasteiger partial charge in [0.15, 0.2) is 0 Å². The van der Waals surface area contributed by atoms with Crippen molar-refractivity contribution < 1.29 is 4.79 Å². The van der Waals surface area contributed by atoms with E-state index in [4.69, 9.17) is 0 Å². The van der Waals surface area contributed by atoms with Crippen LogP contribution in [0.4, 0.5) is 0 Å². The minimum atomic E-state index is -0.0116. The van der Waals surface area contributed by atoms with Gasteiger partial charge in [-0.1, -0.05) is 13.8 Å².